The molecule has 0 aliphatic rings. The molecule has 0 saturated heterocycles. The number of sulfone groups is 1. The molecule has 0 bridgehead atoms. The molecular formula is C13H15NO3S2. The van der Waals surface area contributed by atoms with Gasteiger partial charge in [-0.15, -0.1) is 11.3 Å². The predicted molar refractivity (Wildman–Crippen MR) is 78.5 cm³/mol. The standard InChI is InChI=1S/C13H15NO3S2/c1-10-5-6-14(7-9-19(2,16)17)13(15)12(10)11-4-3-8-18-11/h3-6,8H,7,9H2,1-2H3. The van der Waals surface area contributed by atoms with E-state index in [1.165, 1.54) is 22.2 Å². The van der Waals surface area contributed by atoms with E-state index in [1.54, 1.807) is 6.20 Å². The highest BCUT2D eigenvalue weighted by molar-refractivity contribution is 7.90. The fourth-order valence-corrected chi connectivity index (χ4v) is 3.18. The van der Waals surface area contributed by atoms with Gasteiger partial charge in [-0.05, 0) is 30.0 Å². The van der Waals surface area contributed by atoms with E-state index in [0.717, 1.165) is 10.4 Å². The molecule has 0 atom stereocenters. The number of pyridine rings is 1. The first-order chi connectivity index (χ1) is 8.88. The second-order valence-corrected chi connectivity index (χ2v) is 7.69. The van der Waals surface area contributed by atoms with E-state index in [-0.39, 0.29) is 17.9 Å². The van der Waals surface area contributed by atoms with Crippen LogP contribution in [0.2, 0.25) is 0 Å². The van der Waals surface area contributed by atoms with Crippen LogP contribution in [0, 0.1) is 6.92 Å². The van der Waals surface area contributed by atoms with Crippen molar-refractivity contribution < 1.29 is 8.42 Å². The van der Waals surface area contributed by atoms with Crippen LogP contribution in [0.5, 0.6) is 0 Å². The lowest BCUT2D eigenvalue weighted by Gasteiger charge is -2.09. The Labute approximate surface area is 116 Å². The quantitative estimate of drug-likeness (QED) is 0.866. The molecule has 0 aliphatic heterocycles. The topological polar surface area (TPSA) is 56.1 Å². The largest absolute Gasteiger partial charge is 0.314 e. The molecule has 0 aromatic carbocycles. The van der Waals surface area contributed by atoms with Gasteiger partial charge < -0.3 is 4.57 Å². The molecule has 2 rings (SSSR count). The highest BCUT2D eigenvalue weighted by atomic mass is 32.2. The molecule has 2 aromatic rings. The van der Waals surface area contributed by atoms with Gasteiger partial charge in [0.2, 0.25) is 0 Å². The summed E-state index contributed by atoms with van der Waals surface area (Å²) in [7, 11) is -3.07. The van der Waals surface area contributed by atoms with Crippen LogP contribution in [-0.4, -0.2) is 25.0 Å². The minimum atomic E-state index is -3.07. The maximum absolute atomic E-state index is 12.4. The summed E-state index contributed by atoms with van der Waals surface area (Å²) in [5.41, 5.74) is 1.43. The van der Waals surface area contributed by atoms with E-state index in [4.69, 9.17) is 0 Å². The molecule has 0 spiro atoms. The molecular weight excluding hydrogens is 282 g/mol. The van der Waals surface area contributed by atoms with Gasteiger partial charge in [0.05, 0.1) is 11.3 Å². The van der Waals surface area contributed by atoms with Crippen LogP contribution in [0.25, 0.3) is 10.4 Å². The second-order valence-electron chi connectivity index (χ2n) is 4.48. The van der Waals surface area contributed by atoms with Crippen LogP contribution in [0.15, 0.2) is 34.6 Å². The Bertz CT molecular complexity index is 728. The predicted octanol–water partition coefficient (Wildman–Crippen LogP) is 1.93. The Balaban J connectivity index is 2.44. The lowest BCUT2D eigenvalue weighted by Crippen LogP contribution is -2.25. The molecule has 0 N–H and O–H groups in total. The van der Waals surface area contributed by atoms with Crippen molar-refractivity contribution in [2.75, 3.05) is 12.0 Å². The van der Waals surface area contributed by atoms with Crippen molar-refractivity contribution in [2.45, 2.75) is 13.5 Å². The highest BCUT2D eigenvalue weighted by Crippen LogP contribution is 2.24. The Morgan fingerprint density at radius 1 is 1.32 bits per heavy atom. The average Bonchev–Trinajstić information content (AvgIpc) is 2.80. The van der Waals surface area contributed by atoms with Crippen molar-refractivity contribution in [3.8, 4) is 10.4 Å². The van der Waals surface area contributed by atoms with E-state index in [1.807, 2.05) is 30.5 Å². The number of hydrogen-bond acceptors (Lipinski definition) is 4. The van der Waals surface area contributed by atoms with Crippen LogP contribution in [0.3, 0.4) is 0 Å². The summed E-state index contributed by atoms with van der Waals surface area (Å²) >= 11 is 1.51. The minimum Gasteiger partial charge on any atom is -0.314 e. The van der Waals surface area contributed by atoms with Gasteiger partial charge in [0, 0.05) is 23.9 Å². The first-order valence-corrected chi connectivity index (χ1v) is 8.74. The van der Waals surface area contributed by atoms with Gasteiger partial charge in [-0.2, -0.15) is 0 Å². The lowest BCUT2D eigenvalue weighted by atomic mass is 10.1. The average molecular weight is 297 g/mol. The Morgan fingerprint density at radius 3 is 2.63 bits per heavy atom. The maximum Gasteiger partial charge on any atom is 0.259 e. The third-order valence-corrected chi connectivity index (χ3v) is 4.66. The normalized spacial score (nSPS) is 11.7. The monoisotopic (exact) mass is 297 g/mol. The fraction of sp³-hybridized carbons (Fsp3) is 0.308. The van der Waals surface area contributed by atoms with E-state index in [9.17, 15) is 13.2 Å². The summed E-state index contributed by atoms with van der Waals surface area (Å²) in [6.45, 7) is 2.08. The van der Waals surface area contributed by atoms with Crippen molar-refractivity contribution in [3.63, 3.8) is 0 Å². The SMILES string of the molecule is Cc1ccn(CCS(C)(=O)=O)c(=O)c1-c1cccs1. The molecule has 0 aliphatic carbocycles. The van der Waals surface area contributed by atoms with E-state index in [2.05, 4.69) is 0 Å². The number of rotatable bonds is 4. The van der Waals surface area contributed by atoms with Crippen LogP contribution in [0.4, 0.5) is 0 Å². The number of aromatic nitrogens is 1. The summed E-state index contributed by atoms with van der Waals surface area (Å²) in [5, 5.41) is 1.92. The van der Waals surface area contributed by atoms with Gasteiger partial charge in [-0.1, -0.05) is 6.07 Å². The maximum atomic E-state index is 12.4. The summed E-state index contributed by atoms with van der Waals surface area (Å²) < 4.78 is 23.8. The Morgan fingerprint density at radius 2 is 2.05 bits per heavy atom. The molecule has 2 heterocycles. The van der Waals surface area contributed by atoms with Crippen LogP contribution >= 0.6 is 11.3 Å². The molecule has 0 unspecified atom stereocenters. The Kier molecular flexibility index (Phi) is 3.91. The number of nitrogens with zero attached hydrogens (tertiary/aromatic N) is 1. The first-order valence-electron chi connectivity index (χ1n) is 5.80. The summed E-state index contributed by atoms with van der Waals surface area (Å²) in [4.78, 5) is 13.3. The molecule has 0 fully saturated rings. The molecule has 102 valence electrons. The van der Waals surface area contributed by atoms with Crippen LogP contribution in [0.1, 0.15) is 5.56 Å². The molecule has 6 heteroatoms. The van der Waals surface area contributed by atoms with Gasteiger partial charge in [-0.25, -0.2) is 8.42 Å². The van der Waals surface area contributed by atoms with Crippen molar-refractivity contribution in [1.29, 1.82) is 0 Å². The third kappa shape index (κ3) is 3.33. The third-order valence-electron chi connectivity index (χ3n) is 2.84. The van der Waals surface area contributed by atoms with Crippen molar-refractivity contribution in [3.05, 3.63) is 45.7 Å². The van der Waals surface area contributed by atoms with Gasteiger partial charge >= 0.3 is 0 Å². The van der Waals surface area contributed by atoms with Gasteiger partial charge in [-0.3, -0.25) is 4.79 Å². The summed E-state index contributed by atoms with van der Waals surface area (Å²) in [6.07, 6.45) is 2.83. The van der Waals surface area contributed by atoms with Crippen molar-refractivity contribution in [1.82, 2.24) is 4.57 Å². The highest BCUT2D eigenvalue weighted by Gasteiger charge is 2.11. The van der Waals surface area contributed by atoms with Gasteiger partial charge in [0.1, 0.15) is 9.84 Å². The number of hydrogen-bond donors (Lipinski definition) is 0. The molecule has 0 radical (unpaired) electrons. The van der Waals surface area contributed by atoms with Gasteiger partial charge in [0.25, 0.3) is 5.56 Å². The van der Waals surface area contributed by atoms with Gasteiger partial charge in [0.15, 0.2) is 0 Å². The number of aryl methyl sites for hydroxylation is 2. The van der Waals surface area contributed by atoms with E-state index >= 15 is 0 Å². The summed E-state index contributed by atoms with van der Waals surface area (Å²) in [5.74, 6) is -0.0279. The minimum absolute atomic E-state index is 0.0279. The zero-order valence-electron chi connectivity index (χ0n) is 10.8. The zero-order chi connectivity index (χ0) is 14.0. The van der Waals surface area contributed by atoms with Crippen molar-refractivity contribution >= 4 is 21.2 Å². The molecule has 2 aromatic heterocycles. The molecule has 0 saturated carbocycles. The first kappa shape index (κ1) is 14.0. The molecule has 4 nitrogen and oxygen atoms in total. The second kappa shape index (κ2) is 5.30. The number of thiophene rings is 1. The van der Waals surface area contributed by atoms with E-state index in [0.29, 0.717) is 5.56 Å². The Hall–Kier alpha value is -1.40. The van der Waals surface area contributed by atoms with Crippen LogP contribution in [-0.2, 0) is 16.4 Å². The lowest BCUT2D eigenvalue weighted by molar-refractivity contribution is 0.593. The van der Waals surface area contributed by atoms with E-state index < -0.39 is 9.84 Å². The summed E-state index contributed by atoms with van der Waals surface area (Å²) in [6, 6.07) is 5.64. The molecule has 19 heavy (non-hydrogen) atoms. The fourth-order valence-electron chi connectivity index (χ4n) is 1.83. The van der Waals surface area contributed by atoms with Crippen LogP contribution < -0.4 is 5.56 Å². The van der Waals surface area contributed by atoms with Crippen molar-refractivity contribution in [2.24, 2.45) is 0 Å². The molecule has 0 amide bonds. The zero-order valence-corrected chi connectivity index (χ0v) is 12.4. The smallest absolute Gasteiger partial charge is 0.259 e.